The highest BCUT2D eigenvalue weighted by molar-refractivity contribution is 6.42. The van der Waals surface area contributed by atoms with Gasteiger partial charge in [0.25, 0.3) is 0 Å². The van der Waals surface area contributed by atoms with Crippen LogP contribution < -0.4 is 0 Å². The van der Waals surface area contributed by atoms with Gasteiger partial charge in [0, 0.05) is 18.5 Å². The molecule has 2 bridgehead atoms. The number of amides is 1. The fraction of sp³-hybridized carbons (Fsp3) is 0.609. The van der Waals surface area contributed by atoms with Crippen LogP contribution in [0.3, 0.4) is 0 Å². The molecule has 1 heterocycles. The van der Waals surface area contributed by atoms with Gasteiger partial charge in [0.2, 0.25) is 5.91 Å². The maximum atomic E-state index is 14.1. The molecule has 0 saturated heterocycles. The predicted molar refractivity (Wildman–Crippen MR) is 119 cm³/mol. The molecular weight excluding hydrogens is 405 g/mol. The first-order valence-electron chi connectivity index (χ1n) is 10.6. The Morgan fingerprint density at radius 2 is 1.48 bits per heavy atom. The molecule has 0 N–H and O–H groups in total. The zero-order valence-electron chi connectivity index (χ0n) is 17.9. The van der Waals surface area contributed by atoms with Gasteiger partial charge in [-0.15, -0.1) is 0 Å². The molecule has 29 heavy (non-hydrogen) atoms. The van der Waals surface area contributed by atoms with Crippen molar-refractivity contribution < 1.29 is 4.79 Å². The number of aromatic nitrogens is 2. The Hall–Kier alpha value is -1.39. The fourth-order valence-corrected chi connectivity index (χ4v) is 6.01. The van der Waals surface area contributed by atoms with E-state index in [9.17, 15) is 4.79 Å². The van der Waals surface area contributed by atoms with E-state index >= 15 is 0 Å². The molecule has 6 heteroatoms. The monoisotopic (exact) mass is 433 g/mol. The Balaban J connectivity index is 1.97. The van der Waals surface area contributed by atoms with Gasteiger partial charge in [-0.1, -0.05) is 57.8 Å². The van der Waals surface area contributed by atoms with Gasteiger partial charge in [-0.2, -0.15) is 0 Å². The van der Waals surface area contributed by atoms with Crippen LogP contribution in [0.2, 0.25) is 10.0 Å². The minimum atomic E-state index is -0.644. The quantitative estimate of drug-likeness (QED) is 0.587. The molecule has 156 valence electrons. The van der Waals surface area contributed by atoms with Gasteiger partial charge in [-0.05, 0) is 43.2 Å². The smallest absolute Gasteiger partial charge is 0.235 e. The van der Waals surface area contributed by atoms with E-state index in [1.54, 1.807) is 12.1 Å². The van der Waals surface area contributed by atoms with Gasteiger partial charge in [-0.25, -0.2) is 9.97 Å². The van der Waals surface area contributed by atoms with E-state index in [1.807, 2.05) is 4.90 Å². The summed E-state index contributed by atoms with van der Waals surface area (Å²) in [7, 11) is 0. The highest BCUT2D eigenvalue weighted by atomic mass is 35.5. The lowest BCUT2D eigenvalue weighted by Crippen LogP contribution is -2.53. The topological polar surface area (TPSA) is 46.1 Å². The van der Waals surface area contributed by atoms with Gasteiger partial charge >= 0.3 is 0 Å². The molecule has 4 nitrogen and oxygen atoms in total. The zero-order chi connectivity index (χ0) is 21.2. The number of halogens is 2. The number of hydrogen-bond acceptors (Lipinski definition) is 3. The maximum absolute atomic E-state index is 14.1. The van der Waals surface area contributed by atoms with E-state index in [4.69, 9.17) is 33.2 Å². The van der Waals surface area contributed by atoms with Crippen LogP contribution in [0.15, 0.2) is 12.1 Å². The number of carbonyl (C=O) groups is 1. The van der Waals surface area contributed by atoms with Crippen molar-refractivity contribution in [2.24, 2.45) is 5.41 Å². The lowest BCUT2D eigenvalue weighted by atomic mass is 9.63. The molecule has 1 fully saturated rings. The van der Waals surface area contributed by atoms with Crippen molar-refractivity contribution >= 4 is 40.1 Å². The maximum Gasteiger partial charge on any atom is 0.235 e. The van der Waals surface area contributed by atoms with Crippen LogP contribution in [0.5, 0.6) is 0 Å². The van der Waals surface area contributed by atoms with E-state index in [-0.39, 0.29) is 16.7 Å². The predicted octanol–water partition coefficient (Wildman–Crippen LogP) is 5.91. The Bertz CT molecular complexity index is 999. The van der Waals surface area contributed by atoms with Gasteiger partial charge in [-0.3, -0.25) is 4.79 Å². The number of benzene rings is 1. The largest absolute Gasteiger partial charge is 0.342 e. The molecule has 1 aromatic heterocycles. The van der Waals surface area contributed by atoms with Crippen LogP contribution in [0.1, 0.15) is 71.7 Å². The van der Waals surface area contributed by atoms with Crippen molar-refractivity contribution in [2.45, 2.75) is 71.1 Å². The highest BCUT2D eigenvalue weighted by Crippen LogP contribution is 2.70. The molecule has 1 aromatic carbocycles. The van der Waals surface area contributed by atoms with Crippen molar-refractivity contribution in [1.29, 1.82) is 0 Å². The number of nitrogens with zero attached hydrogens (tertiary/aromatic N) is 3. The Kier molecular flexibility index (Phi) is 4.90. The van der Waals surface area contributed by atoms with E-state index < -0.39 is 5.41 Å². The van der Waals surface area contributed by atoms with Crippen molar-refractivity contribution in [3.63, 3.8) is 0 Å². The second-order valence-corrected chi connectivity index (χ2v) is 10.1. The minimum Gasteiger partial charge on any atom is -0.342 e. The lowest BCUT2D eigenvalue weighted by molar-refractivity contribution is -0.141. The summed E-state index contributed by atoms with van der Waals surface area (Å²) in [6.45, 7) is 12.5. The van der Waals surface area contributed by atoms with E-state index in [1.165, 1.54) is 0 Å². The van der Waals surface area contributed by atoms with Gasteiger partial charge < -0.3 is 4.90 Å². The second kappa shape index (κ2) is 6.81. The zero-order valence-corrected chi connectivity index (χ0v) is 19.4. The summed E-state index contributed by atoms with van der Waals surface area (Å²) in [5.74, 6) is 0.211. The number of fused-ring (bicyclic) bond motifs is 6. The van der Waals surface area contributed by atoms with Crippen LogP contribution >= 0.6 is 23.2 Å². The van der Waals surface area contributed by atoms with Crippen molar-refractivity contribution in [3.05, 3.63) is 33.6 Å². The average Bonchev–Trinajstić information content (AvgIpc) is 2.96. The third kappa shape index (κ3) is 2.54. The van der Waals surface area contributed by atoms with Crippen LogP contribution in [-0.4, -0.2) is 33.9 Å². The molecule has 2 aromatic rings. The molecule has 0 spiro atoms. The molecule has 2 unspecified atom stereocenters. The molecule has 2 atom stereocenters. The van der Waals surface area contributed by atoms with E-state index in [0.717, 1.165) is 55.7 Å². The second-order valence-electron chi connectivity index (χ2n) is 9.33. The van der Waals surface area contributed by atoms with Crippen LogP contribution in [0, 0.1) is 5.41 Å². The van der Waals surface area contributed by atoms with Gasteiger partial charge in [0.1, 0.15) is 0 Å². The third-order valence-electron chi connectivity index (χ3n) is 7.72. The van der Waals surface area contributed by atoms with Gasteiger partial charge in [0.15, 0.2) is 0 Å². The highest BCUT2D eigenvalue weighted by Gasteiger charge is 2.73. The summed E-state index contributed by atoms with van der Waals surface area (Å²) in [6.07, 6.45) is 3.65. The molecule has 4 rings (SSSR count). The molecule has 1 amide bonds. The van der Waals surface area contributed by atoms with Crippen LogP contribution in [0.4, 0.5) is 0 Å². The summed E-state index contributed by atoms with van der Waals surface area (Å²) < 4.78 is 0. The Morgan fingerprint density at radius 3 is 2.00 bits per heavy atom. The third-order valence-corrected chi connectivity index (χ3v) is 8.44. The first kappa shape index (κ1) is 20.9. The van der Waals surface area contributed by atoms with Crippen molar-refractivity contribution in [1.82, 2.24) is 14.9 Å². The van der Waals surface area contributed by atoms with Gasteiger partial charge in [0.05, 0.1) is 37.9 Å². The average molecular weight is 434 g/mol. The summed E-state index contributed by atoms with van der Waals surface area (Å²) in [5, 5.41) is 0.935. The lowest BCUT2D eigenvalue weighted by Gasteiger charge is -2.42. The van der Waals surface area contributed by atoms with Crippen molar-refractivity contribution in [3.8, 4) is 0 Å². The SMILES string of the molecule is CCCN(CCC)C(=O)C12CCC(C)(c3nc4cc(Cl)c(Cl)cc4nc31)C2(C)C. The Morgan fingerprint density at radius 1 is 0.966 bits per heavy atom. The molecule has 0 radical (unpaired) electrons. The first-order chi connectivity index (χ1) is 13.6. The molecule has 2 aliphatic rings. The summed E-state index contributed by atoms with van der Waals surface area (Å²) >= 11 is 12.5. The van der Waals surface area contributed by atoms with E-state index in [2.05, 4.69) is 34.6 Å². The standard InChI is InChI=1S/C23H29Cl2N3O/c1-6-10-28(11-7-2)20(29)23-9-8-22(5,21(23,3)4)18-19(23)27-17-13-15(25)14(24)12-16(17)26-18/h12-13H,6-11H2,1-5H3. The number of carbonyl (C=O) groups excluding carboxylic acids is 1. The van der Waals surface area contributed by atoms with Crippen LogP contribution in [-0.2, 0) is 15.6 Å². The van der Waals surface area contributed by atoms with Crippen molar-refractivity contribution in [2.75, 3.05) is 13.1 Å². The number of rotatable bonds is 5. The molecule has 1 saturated carbocycles. The van der Waals surface area contributed by atoms with Crippen LogP contribution in [0.25, 0.3) is 11.0 Å². The first-order valence-corrected chi connectivity index (χ1v) is 11.4. The summed E-state index contributed by atoms with van der Waals surface area (Å²) in [5.41, 5.74) is 2.14. The fourth-order valence-electron chi connectivity index (χ4n) is 5.70. The molecule has 0 aliphatic heterocycles. The number of hydrogen-bond donors (Lipinski definition) is 0. The van der Waals surface area contributed by atoms with E-state index in [0.29, 0.717) is 15.6 Å². The molecule has 2 aliphatic carbocycles. The minimum absolute atomic E-state index is 0.199. The Labute approximate surface area is 183 Å². The molecular formula is C23H29Cl2N3O. The summed E-state index contributed by atoms with van der Waals surface area (Å²) in [4.78, 5) is 26.2. The normalized spacial score (nSPS) is 26.7. The summed E-state index contributed by atoms with van der Waals surface area (Å²) in [6, 6.07) is 3.55.